The maximum absolute atomic E-state index is 5.91. The molecule has 1 aromatic carbocycles. The SMILES string of the molecule is CCOC(C)(C)CNC(CC)c1ccc(Cl)cc1. The van der Waals surface area contributed by atoms with Crippen molar-refractivity contribution in [3.8, 4) is 0 Å². The molecule has 0 aliphatic heterocycles. The van der Waals surface area contributed by atoms with E-state index in [0.29, 0.717) is 6.04 Å². The molecule has 0 saturated carbocycles. The summed E-state index contributed by atoms with van der Waals surface area (Å²) in [7, 11) is 0. The first-order valence-electron chi connectivity index (χ1n) is 6.61. The first-order valence-corrected chi connectivity index (χ1v) is 6.99. The minimum absolute atomic E-state index is 0.130. The average molecular weight is 270 g/mol. The van der Waals surface area contributed by atoms with E-state index in [2.05, 4.69) is 38.2 Å². The zero-order valence-corrected chi connectivity index (χ0v) is 12.6. The smallest absolute Gasteiger partial charge is 0.0750 e. The normalized spacial score (nSPS) is 13.6. The molecule has 102 valence electrons. The molecule has 0 heterocycles. The van der Waals surface area contributed by atoms with Crippen molar-refractivity contribution in [2.45, 2.75) is 45.8 Å². The van der Waals surface area contributed by atoms with E-state index < -0.39 is 0 Å². The Bertz CT molecular complexity index is 348. The number of ether oxygens (including phenoxy) is 1. The van der Waals surface area contributed by atoms with Crippen LogP contribution in [0.5, 0.6) is 0 Å². The number of nitrogens with one attached hydrogen (secondary N) is 1. The highest BCUT2D eigenvalue weighted by atomic mass is 35.5. The van der Waals surface area contributed by atoms with Gasteiger partial charge in [0.15, 0.2) is 0 Å². The van der Waals surface area contributed by atoms with Crippen molar-refractivity contribution in [3.05, 3.63) is 34.9 Å². The molecule has 3 heteroatoms. The van der Waals surface area contributed by atoms with Crippen LogP contribution in [0.1, 0.15) is 45.7 Å². The lowest BCUT2D eigenvalue weighted by molar-refractivity contribution is -0.0107. The molecule has 1 atom stereocenters. The Balaban J connectivity index is 2.60. The maximum atomic E-state index is 5.91. The first-order chi connectivity index (χ1) is 8.48. The van der Waals surface area contributed by atoms with Crippen LogP contribution in [0.25, 0.3) is 0 Å². The van der Waals surface area contributed by atoms with E-state index in [4.69, 9.17) is 16.3 Å². The second-order valence-corrected chi connectivity index (χ2v) is 5.52. The quantitative estimate of drug-likeness (QED) is 0.801. The second kappa shape index (κ2) is 7.13. The summed E-state index contributed by atoms with van der Waals surface area (Å²) in [4.78, 5) is 0. The molecule has 0 amide bonds. The Kier molecular flexibility index (Phi) is 6.13. The summed E-state index contributed by atoms with van der Waals surface area (Å²) >= 11 is 5.91. The standard InChI is InChI=1S/C15H24ClNO/c1-5-14(12-7-9-13(16)10-8-12)17-11-15(3,4)18-6-2/h7-10,14,17H,5-6,11H2,1-4H3. The van der Waals surface area contributed by atoms with E-state index in [0.717, 1.165) is 24.6 Å². The Hall–Kier alpha value is -0.570. The number of rotatable bonds is 7. The molecule has 1 aromatic rings. The van der Waals surface area contributed by atoms with Gasteiger partial charge in [-0.3, -0.25) is 0 Å². The molecular weight excluding hydrogens is 246 g/mol. The molecular formula is C15H24ClNO. The molecule has 18 heavy (non-hydrogen) atoms. The molecule has 0 radical (unpaired) electrons. The van der Waals surface area contributed by atoms with Crippen LogP contribution >= 0.6 is 11.6 Å². The van der Waals surface area contributed by atoms with Gasteiger partial charge in [0.2, 0.25) is 0 Å². The van der Waals surface area contributed by atoms with Crippen LogP contribution in [0.3, 0.4) is 0 Å². The third-order valence-electron chi connectivity index (χ3n) is 2.99. The van der Waals surface area contributed by atoms with E-state index in [9.17, 15) is 0 Å². The van der Waals surface area contributed by atoms with Crippen LogP contribution in [0.2, 0.25) is 5.02 Å². The van der Waals surface area contributed by atoms with Crippen LogP contribution in [-0.2, 0) is 4.74 Å². The fourth-order valence-electron chi connectivity index (χ4n) is 2.00. The number of benzene rings is 1. The van der Waals surface area contributed by atoms with E-state index in [1.165, 1.54) is 5.56 Å². The number of hydrogen-bond acceptors (Lipinski definition) is 2. The number of halogens is 1. The summed E-state index contributed by atoms with van der Waals surface area (Å²) < 4.78 is 5.70. The Morgan fingerprint density at radius 3 is 2.33 bits per heavy atom. The van der Waals surface area contributed by atoms with E-state index in [-0.39, 0.29) is 5.60 Å². The fraction of sp³-hybridized carbons (Fsp3) is 0.600. The van der Waals surface area contributed by atoms with Crippen molar-refractivity contribution in [3.63, 3.8) is 0 Å². The molecule has 1 unspecified atom stereocenters. The minimum Gasteiger partial charge on any atom is -0.375 e. The molecule has 0 aliphatic rings. The molecule has 1 rings (SSSR count). The van der Waals surface area contributed by atoms with Crippen LogP contribution in [0.15, 0.2) is 24.3 Å². The summed E-state index contributed by atoms with van der Waals surface area (Å²) in [5.41, 5.74) is 1.14. The van der Waals surface area contributed by atoms with Crippen LogP contribution in [0.4, 0.5) is 0 Å². The van der Waals surface area contributed by atoms with Crippen LogP contribution in [0, 0.1) is 0 Å². The predicted molar refractivity (Wildman–Crippen MR) is 78.2 cm³/mol. The van der Waals surface area contributed by atoms with Gasteiger partial charge in [-0.15, -0.1) is 0 Å². The summed E-state index contributed by atoms with van der Waals surface area (Å²) in [5.74, 6) is 0. The molecule has 0 fully saturated rings. The average Bonchev–Trinajstić information content (AvgIpc) is 2.32. The Labute approximate surface area is 116 Å². The minimum atomic E-state index is -0.130. The summed E-state index contributed by atoms with van der Waals surface area (Å²) in [5, 5.41) is 4.34. The topological polar surface area (TPSA) is 21.3 Å². The Morgan fingerprint density at radius 1 is 1.22 bits per heavy atom. The van der Waals surface area contributed by atoms with E-state index in [1.807, 2.05) is 19.1 Å². The summed E-state index contributed by atoms with van der Waals surface area (Å²) in [6.07, 6.45) is 1.05. The molecule has 2 nitrogen and oxygen atoms in total. The fourth-order valence-corrected chi connectivity index (χ4v) is 2.13. The van der Waals surface area contributed by atoms with E-state index >= 15 is 0 Å². The highest BCUT2D eigenvalue weighted by Gasteiger charge is 2.19. The largest absolute Gasteiger partial charge is 0.375 e. The Morgan fingerprint density at radius 2 is 1.83 bits per heavy atom. The van der Waals surface area contributed by atoms with Crippen molar-refractivity contribution in [1.82, 2.24) is 5.32 Å². The lowest BCUT2D eigenvalue weighted by Gasteiger charge is -2.28. The molecule has 1 N–H and O–H groups in total. The van der Waals surface area contributed by atoms with Gasteiger partial charge < -0.3 is 10.1 Å². The van der Waals surface area contributed by atoms with Gasteiger partial charge in [0.1, 0.15) is 0 Å². The van der Waals surface area contributed by atoms with Gasteiger partial charge in [0.25, 0.3) is 0 Å². The highest BCUT2D eigenvalue weighted by molar-refractivity contribution is 6.30. The van der Waals surface area contributed by atoms with Gasteiger partial charge in [-0.1, -0.05) is 30.7 Å². The van der Waals surface area contributed by atoms with Crippen molar-refractivity contribution in [1.29, 1.82) is 0 Å². The molecule has 0 bridgehead atoms. The highest BCUT2D eigenvalue weighted by Crippen LogP contribution is 2.20. The van der Waals surface area contributed by atoms with Gasteiger partial charge in [-0.2, -0.15) is 0 Å². The lowest BCUT2D eigenvalue weighted by atomic mass is 10.0. The monoisotopic (exact) mass is 269 g/mol. The first kappa shape index (κ1) is 15.5. The molecule has 0 aromatic heterocycles. The van der Waals surface area contributed by atoms with Crippen molar-refractivity contribution in [2.24, 2.45) is 0 Å². The van der Waals surface area contributed by atoms with Gasteiger partial charge in [-0.25, -0.2) is 0 Å². The van der Waals surface area contributed by atoms with Crippen molar-refractivity contribution in [2.75, 3.05) is 13.2 Å². The molecule has 0 spiro atoms. The van der Waals surface area contributed by atoms with Gasteiger partial charge >= 0.3 is 0 Å². The number of hydrogen-bond donors (Lipinski definition) is 1. The van der Waals surface area contributed by atoms with E-state index in [1.54, 1.807) is 0 Å². The van der Waals surface area contributed by atoms with Crippen molar-refractivity contribution >= 4 is 11.6 Å². The van der Waals surface area contributed by atoms with Gasteiger partial charge in [-0.05, 0) is 44.9 Å². The van der Waals surface area contributed by atoms with Crippen molar-refractivity contribution < 1.29 is 4.74 Å². The summed E-state index contributed by atoms with van der Waals surface area (Å²) in [6, 6.07) is 8.39. The third kappa shape index (κ3) is 4.97. The van der Waals surface area contributed by atoms with Gasteiger partial charge in [0.05, 0.1) is 5.60 Å². The van der Waals surface area contributed by atoms with Gasteiger partial charge in [0, 0.05) is 24.2 Å². The second-order valence-electron chi connectivity index (χ2n) is 5.09. The lowest BCUT2D eigenvalue weighted by Crippen LogP contribution is -2.39. The summed E-state index contributed by atoms with van der Waals surface area (Å²) in [6.45, 7) is 10.0. The zero-order chi connectivity index (χ0) is 13.6. The molecule has 0 aliphatic carbocycles. The molecule has 0 saturated heterocycles. The zero-order valence-electron chi connectivity index (χ0n) is 11.8. The van der Waals surface area contributed by atoms with Crippen LogP contribution in [-0.4, -0.2) is 18.8 Å². The third-order valence-corrected chi connectivity index (χ3v) is 3.24. The maximum Gasteiger partial charge on any atom is 0.0750 e. The van der Waals surface area contributed by atoms with Crippen LogP contribution < -0.4 is 5.32 Å². The predicted octanol–water partition coefficient (Wildman–Crippen LogP) is 4.20.